The lowest BCUT2D eigenvalue weighted by molar-refractivity contribution is -0.116. The average Bonchev–Trinajstić information content (AvgIpc) is 2.75. The maximum atomic E-state index is 11.3. The average molecular weight is 212 g/mol. The minimum Gasteiger partial charge on any atom is -0.348 e. The van der Waals surface area contributed by atoms with Crippen molar-refractivity contribution in [3.63, 3.8) is 0 Å². The highest BCUT2D eigenvalue weighted by Gasteiger charge is 2.21. The molecule has 0 aliphatic carbocycles. The van der Waals surface area contributed by atoms with E-state index in [0.717, 1.165) is 17.7 Å². The molecule has 0 saturated carbocycles. The van der Waals surface area contributed by atoms with Crippen LogP contribution < -0.4 is 4.90 Å². The van der Waals surface area contributed by atoms with Crippen molar-refractivity contribution in [2.45, 2.75) is 6.42 Å². The molecule has 0 amide bonds. The van der Waals surface area contributed by atoms with Gasteiger partial charge in [0.2, 0.25) is 0 Å². The number of hydrogen-bond acceptors (Lipinski definition) is 3. The molecule has 3 nitrogen and oxygen atoms in total. The fourth-order valence-corrected chi connectivity index (χ4v) is 2.17. The summed E-state index contributed by atoms with van der Waals surface area (Å²) in [7, 11) is 0. The first-order valence-electron chi connectivity index (χ1n) is 5.45. The lowest BCUT2D eigenvalue weighted by Crippen LogP contribution is -2.20. The molecule has 0 unspecified atom stereocenters. The van der Waals surface area contributed by atoms with E-state index in [0.29, 0.717) is 18.7 Å². The Bertz CT molecular complexity index is 545. The van der Waals surface area contributed by atoms with Crippen LogP contribution in [0.2, 0.25) is 0 Å². The number of pyridine rings is 1. The molecule has 0 bridgehead atoms. The smallest absolute Gasteiger partial charge is 0.153 e. The normalized spacial score (nSPS) is 16.0. The molecular weight excluding hydrogens is 200 g/mol. The Kier molecular flexibility index (Phi) is 2.10. The van der Waals surface area contributed by atoms with Crippen LogP contribution in [0.15, 0.2) is 36.5 Å². The quantitative estimate of drug-likeness (QED) is 0.725. The van der Waals surface area contributed by atoms with E-state index in [1.807, 2.05) is 18.2 Å². The fraction of sp³-hybridized carbons (Fsp3) is 0.231. The predicted molar refractivity (Wildman–Crippen MR) is 63.6 cm³/mol. The van der Waals surface area contributed by atoms with Crippen molar-refractivity contribution in [1.82, 2.24) is 4.98 Å². The van der Waals surface area contributed by atoms with Gasteiger partial charge in [-0.25, -0.2) is 4.98 Å². The third-order valence-corrected chi connectivity index (χ3v) is 2.98. The summed E-state index contributed by atoms with van der Waals surface area (Å²) in [6.07, 6.45) is 2.45. The Morgan fingerprint density at radius 2 is 2.06 bits per heavy atom. The summed E-state index contributed by atoms with van der Waals surface area (Å²) in [6, 6.07) is 10.1. The third-order valence-electron chi connectivity index (χ3n) is 2.98. The van der Waals surface area contributed by atoms with Gasteiger partial charge in [-0.1, -0.05) is 24.3 Å². The van der Waals surface area contributed by atoms with Crippen LogP contribution in [0, 0.1) is 0 Å². The zero-order chi connectivity index (χ0) is 11.0. The van der Waals surface area contributed by atoms with Crippen LogP contribution >= 0.6 is 0 Å². The van der Waals surface area contributed by atoms with E-state index in [9.17, 15) is 4.79 Å². The zero-order valence-corrected chi connectivity index (χ0v) is 8.89. The molecule has 1 saturated heterocycles. The highest BCUT2D eigenvalue weighted by atomic mass is 16.1. The number of fused-ring (bicyclic) bond motifs is 1. The number of nitrogens with zero attached hydrogens (tertiary/aromatic N) is 2. The van der Waals surface area contributed by atoms with Crippen molar-refractivity contribution in [1.29, 1.82) is 0 Å². The van der Waals surface area contributed by atoms with Crippen molar-refractivity contribution >= 4 is 22.4 Å². The molecule has 0 N–H and O–H groups in total. The van der Waals surface area contributed by atoms with Crippen LogP contribution in [0.1, 0.15) is 6.42 Å². The van der Waals surface area contributed by atoms with Crippen LogP contribution in [-0.4, -0.2) is 23.9 Å². The van der Waals surface area contributed by atoms with Gasteiger partial charge in [0.1, 0.15) is 5.82 Å². The van der Waals surface area contributed by atoms with Gasteiger partial charge in [-0.15, -0.1) is 0 Å². The predicted octanol–water partition coefficient (Wildman–Crippen LogP) is 2.01. The summed E-state index contributed by atoms with van der Waals surface area (Å²) in [5, 5.41) is 2.30. The van der Waals surface area contributed by atoms with Crippen LogP contribution in [0.25, 0.3) is 10.8 Å². The molecule has 80 valence electrons. The summed E-state index contributed by atoms with van der Waals surface area (Å²) >= 11 is 0. The Hall–Kier alpha value is -1.90. The molecule has 3 heteroatoms. The summed E-state index contributed by atoms with van der Waals surface area (Å²) < 4.78 is 0. The first-order chi connectivity index (χ1) is 7.84. The summed E-state index contributed by atoms with van der Waals surface area (Å²) in [5.41, 5.74) is 0. The lowest BCUT2D eigenvalue weighted by Gasteiger charge is -2.17. The third kappa shape index (κ3) is 1.45. The number of hydrogen-bond donors (Lipinski definition) is 0. The van der Waals surface area contributed by atoms with Crippen LogP contribution in [0.5, 0.6) is 0 Å². The maximum Gasteiger partial charge on any atom is 0.153 e. The lowest BCUT2D eigenvalue weighted by atomic mass is 10.1. The highest BCUT2D eigenvalue weighted by molar-refractivity contribution is 5.95. The molecule has 1 fully saturated rings. The number of carbonyl (C=O) groups is 1. The molecule has 1 aliphatic heterocycles. The minimum atomic E-state index is 0.301. The summed E-state index contributed by atoms with van der Waals surface area (Å²) in [5.74, 6) is 1.23. The van der Waals surface area contributed by atoms with E-state index >= 15 is 0 Å². The van der Waals surface area contributed by atoms with Crippen molar-refractivity contribution in [3.8, 4) is 0 Å². The molecule has 3 rings (SSSR count). The standard InChI is InChI=1S/C13H12N2O/c16-11-6-8-15(9-11)13-12-4-2-1-3-10(12)5-7-14-13/h1-5,7H,6,8-9H2. The van der Waals surface area contributed by atoms with E-state index in [-0.39, 0.29) is 0 Å². The molecule has 1 aromatic carbocycles. The second-order valence-corrected chi connectivity index (χ2v) is 4.07. The molecule has 0 spiro atoms. The maximum absolute atomic E-state index is 11.3. The summed E-state index contributed by atoms with van der Waals surface area (Å²) in [6.45, 7) is 1.29. The largest absolute Gasteiger partial charge is 0.348 e. The number of benzene rings is 1. The first kappa shape index (κ1) is 9.33. The zero-order valence-electron chi connectivity index (χ0n) is 8.89. The van der Waals surface area contributed by atoms with Crippen LogP contribution in [-0.2, 0) is 4.79 Å². The van der Waals surface area contributed by atoms with Gasteiger partial charge in [-0.05, 0) is 11.5 Å². The monoisotopic (exact) mass is 212 g/mol. The number of anilines is 1. The molecule has 0 radical (unpaired) electrons. The summed E-state index contributed by atoms with van der Waals surface area (Å²) in [4.78, 5) is 17.8. The van der Waals surface area contributed by atoms with E-state index in [2.05, 4.69) is 22.0 Å². The molecule has 16 heavy (non-hydrogen) atoms. The van der Waals surface area contributed by atoms with Gasteiger partial charge >= 0.3 is 0 Å². The molecule has 1 aliphatic rings. The molecule has 0 atom stereocenters. The highest BCUT2D eigenvalue weighted by Crippen LogP contribution is 2.25. The van der Waals surface area contributed by atoms with Crippen LogP contribution in [0.4, 0.5) is 5.82 Å². The van der Waals surface area contributed by atoms with E-state index in [1.54, 1.807) is 6.20 Å². The second kappa shape index (κ2) is 3.59. The van der Waals surface area contributed by atoms with Gasteiger partial charge in [0.25, 0.3) is 0 Å². The van der Waals surface area contributed by atoms with Gasteiger partial charge in [0.05, 0.1) is 6.54 Å². The molecule has 2 heterocycles. The number of ketones is 1. The topological polar surface area (TPSA) is 33.2 Å². The number of carbonyl (C=O) groups excluding carboxylic acids is 1. The van der Waals surface area contributed by atoms with Gasteiger partial charge in [0.15, 0.2) is 5.78 Å². The van der Waals surface area contributed by atoms with Crippen molar-refractivity contribution in [3.05, 3.63) is 36.5 Å². The Balaban J connectivity index is 2.13. The Morgan fingerprint density at radius 1 is 1.19 bits per heavy atom. The Morgan fingerprint density at radius 3 is 2.88 bits per heavy atom. The first-order valence-corrected chi connectivity index (χ1v) is 5.45. The van der Waals surface area contributed by atoms with Gasteiger partial charge < -0.3 is 4.90 Å². The number of aromatic nitrogens is 1. The van der Waals surface area contributed by atoms with E-state index in [1.165, 1.54) is 5.39 Å². The second-order valence-electron chi connectivity index (χ2n) is 4.07. The minimum absolute atomic E-state index is 0.301. The fourth-order valence-electron chi connectivity index (χ4n) is 2.17. The van der Waals surface area contributed by atoms with Crippen molar-refractivity contribution in [2.24, 2.45) is 0 Å². The number of Topliss-reactive ketones (excluding diaryl/α,β-unsaturated/α-hetero) is 1. The van der Waals surface area contributed by atoms with E-state index in [4.69, 9.17) is 0 Å². The number of rotatable bonds is 1. The molecular formula is C13H12N2O. The Labute approximate surface area is 93.7 Å². The van der Waals surface area contributed by atoms with Crippen LogP contribution in [0.3, 0.4) is 0 Å². The van der Waals surface area contributed by atoms with Gasteiger partial charge in [0, 0.05) is 24.5 Å². The van der Waals surface area contributed by atoms with Gasteiger partial charge in [-0.2, -0.15) is 0 Å². The van der Waals surface area contributed by atoms with E-state index < -0.39 is 0 Å². The van der Waals surface area contributed by atoms with Crippen molar-refractivity contribution in [2.75, 3.05) is 18.0 Å². The molecule has 1 aromatic heterocycles. The SMILES string of the molecule is O=C1CCN(c2nccc3ccccc23)C1. The van der Waals surface area contributed by atoms with Crippen molar-refractivity contribution < 1.29 is 4.79 Å². The molecule has 2 aromatic rings. The van der Waals surface area contributed by atoms with Gasteiger partial charge in [-0.3, -0.25) is 4.79 Å².